The summed E-state index contributed by atoms with van der Waals surface area (Å²) in [5.41, 5.74) is 0.446. The first-order chi connectivity index (χ1) is 10.3. The minimum Gasteiger partial charge on any atom is -0.490 e. The third-order valence-electron chi connectivity index (χ3n) is 4.32. The Labute approximate surface area is 125 Å². The first-order valence-electron chi connectivity index (χ1n) is 7.78. The van der Waals surface area contributed by atoms with Crippen molar-refractivity contribution in [3.8, 4) is 11.8 Å². The molecule has 2 aliphatic carbocycles. The third kappa shape index (κ3) is 3.37. The maximum atomic E-state index is 9.68. The van der Waals surface area contributed by atoms with Gasteiger partial charge >= 0.3 is 0 Å². The molecule has 0 heterocycles. The number of nitrogens with one attached hydrogen (secondary N) is 1. The topological polar surface area (TPSA) is 65.3 Å². The van der Waals surface area contributed by atoms with Gasteiger partial charge in [0, 0.05) is 12.6 Å². The molecular weight excluding hydrogens is 264 g/mol. The molecule has 1 aromatic rings. The van der Waals surface area contributed by atoms with Gasteiger partial charge in [-0.2, -0.15) is 5.26 Å². The van der Waals surface area contributed by atoms with Gasteiger partial charge in [-0.3, -0.25) is 5.32 Å². The Morgan fingerprint density at radius 3 is 2.67 bits per heavy atom. The average molecular weight is 286 g/mol. The normalized spacial score (nSPS) is 20.6. The van der Waals surface area contributed by atoms with Crippen LogP contribution >= 0.6 is 0 Å². The van der Waals surface area contributed by atoms with E-state index < -0.39 is 5.54 Å². The summed E-state index contributed by atoms with van der Waals surface area (Å²) in [7, 11) is 0. The van der Waals surface area contributed by atoms with Crippen molar-refractivity contribution in [2.45, 2.75) is 43.7 Å². The Morgan fingerprint density at radius 2 is 2.05 bits per heavy atom. The van der Waals surface area contributed by atoms with Gasteiger partial charge in [0.05, 0.1) is 6.07 Å². The average Bonchev–Trinajstić information content (AvgIpc) is 3.38. The van der Waals surface area contributed by atoms with E-state index in [-0.39, 0.29) is 6.61 Å². The molecule has 0 aromatic heterocycles. The first kappa shape index (κ1) is 14.4. The lowest BCUT2D eigenvalue weighted by Crippen LogP contribution is -2.52. The van der Waals surface area contributed by atoms with Crippen molar-refractivity contribution in [1.29, 1.82) is 5.26 Å². The molecule has 1 atom stereocenters. The SMILES string of the molecule is N#CC(COc1ccccc1CCO)(NC1CC1)C1CC1. The van der Waals surface area contributed by atoms with Gasteiger partial charge in [-0.15, -0.1) is 0 Å². The molecule has 0 bridgehead atoms. The number of para-hydroxylation sites is 1. The summed E-state index contributed by atoms with van der Waals surface area (Å²) < 4.78 is 5.98. The first-order valence-corrected chi connectivity index (χ1v) is 7.78. The van der Waals surface area contributed by atoms with E-state index in [9.17, 15) is 5.26 Å². The Balaban J connectivity index is 1.70. The smallest absolute Gasteiger partial charge is 0.144 e. The molecule has 21 heavy (non-hydrogen) atoms. The zero-order chi connectivity index (χ0) is 14.7. The highest BCUT2D eigenvalue weighted by Gasteiger charge is 2.49. The zero-order valence-electron chi connectivity index (χ0n) is 12.2. The van der Waals surface area contributed by atoms with Gasteiger partial charge in [-0.05, 0) is 49.7 Å². The highest BCUT2D eigenvalue weighted by Crippen LogP contribution is 2.41. The van der Waals surface area contributed by atoms with Gasteiger partial charge in [0.1, 0.15) is 17.9 Å². The number of hydrogen-bond acceptors (Lipinski definition) is 4. The fourth-order valence-corrected chi connectivity index (χ4v) is 2.76. The van der Waals surface area contributed by atoms with E-state index in [0.29, 0.717) is 25.0 Å². The van der Waals surface area contributed by atoms with Gasteiger partial charge in [-0.25, -0.2) is 0 Å². The molecule has 2 aliphatic rings. The molecule has 2 fully saturated rings. The summed E-state index contributed by atoms with van der Waals surface area (Å²) in [6.45, 7) is 0.486. The molecule has 0 radical (unpaired) electrons. The van der Waals surface area contributed by atoms with Crippen LogP contribution in [0.15, 0.2) is 24.3 Å². The van der Waals surface area contributed by atoms with E-state index in [2.05, 4.69) is 11.4 Å². The Morgan fingerprint density at radius 1 is 1.29 bits per heavy atom. The molecule has 0 spiro atoms. The second kappa shape index (κ2) is 6.05. The van der Waals surface area contributed by atoms with E-state index in [1.165, 1.54) is 0 Å². The molecule has 0 amide bonds. The molecule has 1 aromatic carbocycles. The van der Waals surface area contributed by atoms with Gasteiger partial charge < -0.3 is 9.84 Å². The van der Waals surface area contributed by atoms with E-state index in [1.54, 1.807) is 0 Å². The number of hydrogen-bond donors (Lipinski definition) is 2. The van der Waals surface area contributed by atoms with Crippen LogP contribution in [0, 0.1) is 17.2 Å². The third-order valence-corrected chi connectivity index (χ3v) is 4.32. The van der Waals surface area contributed by atoms with E-state index >= 15 is 0 Å². The maximum Gasteiger partial charge on any atom is 0.144 e. The number of aliphatic hydroxyl groups is 1. The second-order valence-electron chi connectivity index (χ2n) is 6.15. The fraction of sp³-hybridized carbons (Fsp3) is 0.588. The Kier molecular flexibility index (Phi) is 4.14. The van der Waals surface area contributed by atoms with Gasteiger partial charge in [0.25, 0.3) is 0 Å². The van der Waals surface area contributed by atoms with Crippen LogP contribution in [0.5, 0.6) is 5.75 Å². The van der Waals surface area contributed by atoms with E-state index in [0.717, 1.165) is 37.0 Å². The Bertz CT molecular complexity index is 532. The van der Waals surface area contributed by atoms with Crippen molar-refractivity contribution < 1.29 is 9.84 Å². The lowest BCUT2D eigenvalue weighted by Gasteiger charge is -2.28. The zero-order valence-corrected chi connectivity index (χ0v) is 12.2. The summed E-state index contributed by atoms with van der Waals surface area (Å²) >= 11 is 0. The van der Waals surface area contributed by atoms with E-state index in [1.807, 2.05) is 24.3 Å². The summed E-state index contributed by atoms with van der Waals surface area (Å²) in [4.78, 5) is 0. The van der Waals surface area contributed by atoms with Crippen LogP contribution < -0.4 is 10.1 Å². The minimum atomic E-state index is -0.548. The van der Waals surface area contributed by atoms with Crippen LogP contribution in [-0.4, -0.2) is 29.9 Å². The number of benzene rings is 1. The van der Waals surface area contributed by atoms with Crippen LogP contribution in [0.4, 0.5) is 0 Å². The number of aliphatic hydroxyl groups excluding tert-OH is 1. The quantitative estimate of drug-likeness (QED) is 0.767. The molecule has 0 saturated heterocycles. The van der Waals surface area contributed by atoms with Crippen LogP contribution in [0.1, 0.15) is 31.2 Å². The molecule has 4 heteroatoms. The lowest BCUT2D eigenvalue weighted by atomic mass is 9.96. The summed E-state index contributed by atoms with van der Waals surface area (Å²) in [5, 5.41) is 22.3. The maximum absolute atomic E-state index is 9.68. The largest absolute Gasteiger partial charge is 0.490 e. The van der Waals surface area contributed by atoms with Gasteiger partial charge in [0.2, 0.25) is 0 Å². The lowest BCUT2D eigenvalue weighted by molar-refractivity contribution is 0.198. The van der Waals surface area contributed by atoms with Crippen molar-refractivity contribution in [2.75, 3.05) is 13.2 Å². The monoisotopic (exact) mass is 286 g/mol. The number of ether oxygens (including phenoxy) is 1. The fourth-order valence-electron chi connectivity index (χ4n) is 2.76. The van der Waals surface area contributed by atoms with Crippen molar-refractivity contribution >= 4 is 0 Å². The number of nitriles is 1. The second-order valence-corrected chi connectivity index (χ2v) is 6.15. The number of rotatable bonds is 8. The highest BCUT2D eigenvalue weighted by atomic mass is 16.5. The van der Waals surface area contributed by atoms with Gasteiger partial charge in [-0.1, -0.05) is 18.2 Å². The van der Waals surface area contributed by atoms with Crippen molar-refractivity contribution in [3.05, 3.63) is 29.8 Å². The van der Waals surface area contributed by atoms with Crippen molar-refractivity contribution in [3.63, 3.8) is 0 Å². The molecule has 112 valence electrons. The minimum absolute atomic E-state index is 0.104. The standard InChI is InChI=1S/C17H22N2O2/c18-11-17(14-5-6-14,19-15-7-8-15)12-21-16-4-2-1-3-13(16)9-10-20/h1-4,14-15,19-20H,5-10,12H2. The van der Waals surface area contributed by atoms with Crippen LogP contribution in [0.2, 0.25) is 0 Å². The van der Waals surface area contributed by atoms with Crippen LogP contribution in [-0.2, 0) is 6.42 Å². The molecule has 0 aliphatic heterocycles. The van der Waals surface area contributed by atoms with E-state index in [4.69, 9.17) is 9.84 Å². The molecule has 1 unspecified atom stereocenters. The summed E-state index contributed by atoms with van der Waals surface area (Å²) in [6.07, 6.45) is 5.12. The molecule has 4 nitrogen and oxygen atoms in total. The molecular formula is C17H22N2O2. The predicted octanol–water partition coefficient (Wildman–Crippen LogP) is 2.02. The number of nitrogens with zero attached hydrogens (tertiary/aromatic N) is 1. The highest BCUT2D eigenvalue weighted by molar-refractivity contribution is 5.34. The van der Waals surface area contributed by atoms with Crippen molar-refractivity contribution in [2.24, 2.45) is 5.92 Å². The Hall–Kier alpha value is -1.57. The summed E-state index contributed by atoms with van der Waals surface area (Å²) in [6, 6.07) is 10.7. The van der Waals surface area contributed by atoms with Gasteiger partial charge in [0.15, 0.2) is 0 Å². The van der Waals surface area contributed by atoms with Crippen LogP contribution in [0.3, 0.4) is 0 Å². The molecule has 3 rings (SSSR count). The summed E-state index contributed by atoms with van der Waals surface area (Å²) in [5.74, 6) is 1.19. The van der Waals surface area contributed by atoms with Crippen LogP contribution in [0.25, 0.3) is 0 Å². The molecule has 2 N–H and O–H groups in total. The predicted molar refractivity (Wildman–Crippen MR) is 80.0 cm³/mol. The molecule has 2 saturated carbocycles. The van der Waals surface area contributed by atoms with Crippen molar-refractivity contribution in [1.82, 2.24) is 5.32 Å².